The number of nitrogens with zero attached hydrogens (tertiary/aromatic N) is 1. The van der Waals surface area contributed by atoms with Gasteiger partial charge in [-0.1, -0.05) is 30.3 Å². The Kier molecular flexibility index (Phi) is 8.27. The van der Waals surface area contributed by atoms with Crippen molar-refractivity contribution in [2.75, 3.05) is 23.7 Å². The molecule has 0 amide bonds. The second-order valence-corrected chi connectivity index (χ2v) is 6.56. The number of nitrogens with two attached hydrogens (primary N) is 1. The lowest BCUT2D eigenvalue weighted by Crippen LogP contribution is -2.21. The van der Waals surface area contributed by atoms with Gasteiger partial charge >= 0.3 is 7.60 Å². The quantitative estimate of drug-likeness (QED) is 0.562. The highest BCUT2D eigenvalue weighted by atomic mass is 31.2. The second-order valence-electron chi connectivity index (χ2n) is 5.08. The van der Waals surface area contributed by atoms with Crippen LogP contribution >= 0.6 is 7.60 Å². The molecule has 24 heavy (non-hydrogen) atoms. The van der Waals surface area contributed by atoms with Crippen LogP contribution in [0.5, 0.6) is 0 Å². The smallest absolute Gasteiger partial charge is 0.349 e. The van der Waals surface area contributed by atoms with Gasteiger partial charge in [0.05, 0.1) is 0 Å². The minimum atomic E-state index is -4.01. The van der Waals surface area contributed by atoms with Crippen LogP contribution in [-0.2, 0) is 4.57 Å². The molecule has 0 aromatic heterocycles. The molecule has 0 unspecified atom stereocenters. The first-order valence-electron chi connectivity index (χ1n) is 7.75. The molecule has 0 aliphatic rings. The van der Waals surface area contributed by atoms with Gasteiger partial charge in [0.15, 0.2) is 0 Å². The molecule has 5 nitrogen and oxygen atoms in total. The second kappa shape index (κ2) is 9.93. The first kappa shape index (κ1) is 20.0. The molecule has 2 aromatic rings. The van der Waals surface area contributed by atoms with Crippen LogP contribution in [0.3, 0.4) is 0 Å². The van der Waals surface area contributed by atoms with E-state index < -0.39 is 7.60 Å². The summed E-state index contributed by atoms with van der Waals surface area (Å²) in [6.07, 6.45) is 1.40. The van der Waals surface area contributed by atoms with Crippen LogP contribution in [0.25, 0.3) is 6.08 Å². The van der Waals surface area contributed by atoms with E-state index in [0.29, 0.717) is 0 Å². The Morgan fingerprint density at radius 1 is 1.00 bits per heavy atom. The van der Waals surface area contributed by atoms with Crippen LogP contribution in [0.15, 0.2) is 60.4 Å². The molecule has 0 aliphatic carbocycles. The third-order valence-electron chi connectivity index (χ3n) is 3.28. The van der Waals surface area contributed by atoms with Crippen molar-refractivity contribution in [2.45, 2.75) is 13.8 Å². The van der Waals surface area contributed by atoms with Gasteiger partial charge in [-0.2, -0.15) is 0 Å². The molecule has 6 heteroatoms. The molecular weight excluding hydrogens is 323 g/mol. The predicted molar refractivity (Wildman–Crippen MR) is 102 cm³/mol. The minimum absolute atomic E-state index is 0.779. The van der Waals surface area contributed by atoms with E-state index in [2.05, 4.69) is 30.9 Å². The lowest BCUT2D eigenvalue weighted by molar-refractivity contribution is 0.386. The van der Waals surface area contributed by atoms with Crippen LogP contribution in [0.1, 0.15) is 19.4 Å². The summed E-state index contributed by atoms with van der Waals surface area (Å²) in [7, 11) is -4.01. The van der Waals surface area contributed by atoms with E-state index in [0.717, 1.165) is 30.2 Å². The number of hydrogen-bond donors (Lipinski definition) is 3. The van der Waals surface area contributed by atoms with E-state index >= 15 is 0 Å². The monoisotopic (exact) mass is 348 g/mol. The Morgan fingerprint density at radius 3 is 2.00 bits per heavy atom. The Balaban J connectivity index is 0.000000240. The van der Waals surface area contributed by atoms with Gasteiger partial charge in [0, 0.05) is 30.3 Å². The minimum Gasteiger partial charge on any atom is -0.399 e. The topological polar surface area (TPSA) is 86.8 Å². The van der Waals surface area contributed by atoms with E-state index in [1.807, 2.05) is 18.2 Å². The zero-order chi connectivity index (χ0) is 18.0. The van der Waals surface area contributed by atoms with Gasteiger partial charge in [0.2, 0.25) is 0 Å². The molecule has 2 rings (SSSR count). The van der Waals surface area contributed by atoms with Crippen LogP contribution in [0.4, 0.5) is 11.4 Å². The summed E-state index contributed by atoms with van der Waals surface area (Å²) in [5.74, 6) is 0.891. The molecule has 130 valence electrons. The molecule has 0 saturated carbocycles. The molecule has 0 aliphatic heterocycles. The number of benzene rings is 2. The highest BCUT2D eigenvalue weighted by Crippen LogP contribution is 2.36. The molecule has 0 spiro atoms. The van der Waals surface area contributed by atoms with Gasteiger partial charge in [-0.3, -0.25) is 4.57 Å². The molecule has 2 aromatic carbocycles. The summed E-state index contributed by atoms with van der Waals surface area (Å²) < 4.78 is 10.4. The molecule has 0 bridgehead atoms. The van der Waals surface area contributed by atoms with Gasteiger partial charge in [0.1, 0.15) is 0 Å². The van der Waals surface area contributed by atoms with Crippen molar-refractivity contribution in [2.24, 2.45) is 0 Å². The largest absolute Gasteiger partial charge is 0.399 e. The van der Waals surface area contributed by atoms with E-state index in [1.165, 1.54) is 11.8 Å². The summed E-state index contributed by atoms with van der Waals surface area (Å²) in [4.78, 5) is 19.3. The predicted octanol–water partition coefficient (Wildman–Crippen LogP) is 3.95. The third kappa shape index (κ3) is 7.97. The molecule has 0 atom stereocenters. The van der Waals surface area contributed by atoms with E-state index in [9.17, 15) is 4.57 Å². The summed E-state index contributed by atoms with van der Waals surface area (Å²) in [6, 6.07) is 17.0. The van der Waals surface area contributed by atoms with Gasteiger partial charge in [-0.25, -0.2) is 0 Å². The van der Waals surface area contributed by atoms with Crippen molar-refractivity contribution in [3.63, 3.8) is 0 Å². The molecule has 0 heterocycles. The maximum atomic E-state index is 10.4. The lowest BCUT2D eigenvalue weighted by Gasteiger charge is -2.20. The molecular formula is C18H25N2O3P. The average molecular weight is 348 g/mol. The summed E-state index contributed by atoms with van der Waals surface area (Å²) >= 11 is 0. The van der Waals surface area contributed by atoms with Crippen molar-refractivity contribution in [3.05, 3.63) is 66.0 Å². The highest BCUT2D eigenvalue weighted by molar-refractivity contribution is 7.55. The highest BCUT2D eigenvalue weighted by Gasteiger charge is 2.04. The maximum Gasteiger partial charge on any atom is 0.349 e. The van der Waals surface area contributed by atoms with Crippen LogP contribution in [-0.4, -0.2) is 22.9 Å². The molecule has 0 fully saturated rings. The molecule has 0 radical (unpaired) electrons. The van der Waals surface area contributed by atoms with E-state index in [4.69, 9.17) is 15.5 Å². The van der Waals surface area contributed by atoms with Crippen molar-refractivity contribution in [3.8, 4) is 0 Å². The average Bonchev–Trinajstić information content (AvgIpc) is 2.57. The van der Waals surface area contributed by atoms with Crippen LogP contribution < -0.4 is 10.6 Å². The summed E-state index contributed by atoms with van der Waals surface area (Å²) in [5.41, 5.74) is 8.44. The normalized spacial score (nSPS) is 11.0. The zero-order valence-corrected chi connectivity index (χ0v) is 14.9. The van der Waals surface area contributed by atoms with Gasteiger partial charge in [-0.05, 0) is 49.8 Å². The van der Waals surface area contributed by atoms with Crippen LogP contribution in [0.2, 0.25) is 0 Å². The van der Waals surface area contributed by atoms with Crippen molar-refractivity contribution in [1.29, 1.82) is 0 Å². The third-order valence-corrected chi connectivity index (χ3v) is 3.82. The SMILES string of the molecule is CCN(CC)c1ccc(N)cc1.O=P(O)(O)/C=C/c1ccccc1. The first-order chi connectivity index (χ1) is 11.4. The number of nitrogen functional groups attached to an aromatic ring is 1. The van der Waals surface area contributed by atoms with Crippen molar-refractivity contribution in [1.82, 2.24) is 0 Å². The summed E-state index contributed by atoms with van der Waals surface area (Å²) in [6.45, 7) is 6.39. The Labute approximate surface area is 143 Å². The standard InChI is InChI=1S/C10H16N2.C8H9O3P/c1-3-12(4-2)10-7-5-9(11)6-8-10;9-12(10,11)7-6-8-4-2-1-3-5-8/h5-8H,3-4,11H2,1-2H3;1-7H,(H2,9,10,11)/b;7-6+. The van der Waals surface area contributed by atoms with Gasteiger partial charge in [0.25, 0.3) is 0 Å². The van der Waals surface area contributed by atoms with E-state index in [1.54, 1.807) is 24.3 Å². The number of rotatable bonds is 5. The van der Waals surface area contributed by atoms with Crippen LogP contribution in [0, 0.1) is 0 Å². The maximum absolute atomic E-state index is 10.4. The molecule has 0 saturated heterocycles. The number of anilines is 2. The van der Waals surface area contributed by atoms with Gasteiger partial charge < -0.3 is 20.4 Å². The Hall–Kier alpha value is -2.07. The fourth-order valence-electron chi connectivity index (χ4n) is 2.02. The molecule has 4 N–H and O–H groups in total. The Morgan fingerprint density at radius 2 is 1.54 bits per heavy atom. The van der Waals surface area contributed by atoms with Gasteiger partial charge in [-0.15, -0.1) is 0 Å². The zero-order valence-electron chi connectivity index (χ0n) is 14.0. The number of hydrogen-bond acceptors (Lipinski definition) is 3. The summed E-state index contributed by atoms with van der Waals surface area (Å²) in [5, 5.41) is 0. The van der Waals surface area contributed by atoms with Crippen molar-refractivity contribution >= 4 is 25.0 Å². The lowest BCUT2D eigenvalue weighted by atomic mass is 10.2. The first-order valence-corrected chi connectivity index (χ1v) is 9.44. The van der Waals surface area contributed by atoms with E-state index in [-0.39, 0.29) is 0 Å². The van der Waals surface area contributed by atoms with Crippen molar-refractivity contribution < 1.29 is 14.4 Å². The Bertz CT molecular complexity index is 662. The fourth-order valence-corrected chi connectivity index (χ4v) is 2.39. The fraction of sp³-hybridized carbons (Fsp3) is 0.222.